The number of rotatable bonds is 2. The minimum atomic E-state index is -1.16. The molecule has 0 saturated carbocycles. The van der Waals surface area contributed by atoms with Crippen molar-refractivity contribution in [3.05, 3.63) is 5.82 Å². The Labute approximate surface area is 61.8 Å². The standard InChI is InChI=1S/C4H7N5O2/c1-9-3(6-7-8-9)2(5)4(10)11/h2H,5H2,1H3,(H,10,11). The number of carboxylic acids is 1. The second-order valence-electron chi connectivity index (χ2n) is 1.98. The number of aliphatic carboxylic acids is 1. The largest absolute Gasteiger partial charge is 0.480 e. The average molecular weight is 157 g/mol. The molecule has 0 aliphatic heterocycles. The highest BCUT2D eigenvalue weighted by Crippen LogP contribution is 2.02. The van der Waals surface area contributed by atoms with Gasteiger partial charge in [-0.3, -0.25) is 4.79 Å². The molecule has 1 rings (SSSR count). The quantitative estimate of drug-likeness (QED) is 0.529. The van der Waals surface area contributed by atoms with E-state index in [1.165, 1.54) is 11.7 Å². The van der Waals surface area contributed by atoms with Gasteiger partial charge in [-0.2, -0.15) is 0 Å². The van der Waals surface area contributed by atoms with E-state index in [1.54, 1.807) is 0 Å². The van der Waals surface area contributed by atoms with Crippen molar-refractivity contribution in [2.45, 2.75) is 6.04 Å². The Balaban J connectivity index is 2.92. The van der Waals surface area contributed by atoms with Crippen LogP contribution in [0.5, 0.6) is 0 Å². The molecular formula is C4H7N5O2. The summed E-state index contributed by atoms with van der Waals surface area (Å²) in [4.78, 5) is 10.3. The molecule has 0 radical (unpaired) electrons. The number of aromatic nitrogens is 4. The van der Waals surface area contributed by atoms with Crippen molar-refractivity contribution < 1.29 is 9.90 Å². The van der Waals surface area contributed by atoms with Crippen LogP contribution in [0.15, 0.2) is 0 Å². The van der Waals surface area contributed by atoms with Crippen LogP contribution in [0.25, 0.3) is 0 Å². The van der Waals surface area contributed by atoms with Crippen molar-refractivity contribution in [3.63, 3.8) is 0 Å². The summed E-state index contributed by atoms with van der Waals surface area (Å²) in [6.07, 6.45) is 0. The van der Waals surface area contributed by atoms with Gasteiger partial charge in [-0.25, -0.2) is 4.68 Å². The molecule has 0 aliphatic rings. The third kappa shape index (κ3) is 1.32. The molecule has 1 atom stereocenters. The fraction of sp³-hybridized carbons (Fsp3) is 0.500. The molecule has 7 nitrogen and oxygen atoms in total. The first kappa shape index (κ1) is 7.61. The Morgan fingerprint density at radius 2 is 2.45 bits per heavy atom. The van der Waals surface area contributed by atoms with Crippen LogP contribution in [0.2, 0.25) is 0 Å². The van der Waals surface area contributed by atoms with Gasteiger partial charge < -0.3 is 10.8 Å². The van der Waals surface area contributed by atoms with Gasteiger partial charge in [0, 0.05) is 7.05 Å². The fourth-order valence-corrected chi connectivity index (χ4v) is 0.610. The van der Waals surface area contributed by atoms with Crippen molar-refractivity contribution in [2.75, 3.05) is 0 Å². The summed E-state index contributed by atoms with van der Waals surface area (Å²) in [5.74, 6) is -1.01. The molecule has 7 heteroatoms. The van der Waals surface area contributed by atoms with E-state index in [9.17, 15) is 4.79 Å². The number of nitrogens with two attached hydrogens (primary N) is 1. The van der Waals surface area contributed by atoms with Crippen molar-refractivity contribution in [1.29, 1.82) is 0 Å². The average Bonchev–Trinajstić information content (AvgIpc) is 2.33. The molecule has 60 valence electrons. The normalized spacial score (nSPS) is 12.9. The van der Waals surface area contributed by atoms with E-state index in [0.717, 1.165) is 0 Å². The predicted octanol–water partition coefficient (Wildman–Crippen LogP) is -1.71. The second kappa shape index (κ2) is 2.62. The van der Waals surface area contributed by atoms with Crippen molar-refractivity contribution >= 4 is 5.97 Å². The van der Waals surface area contributed by atoms with E-state index in [1.807, 2.05) is 0 Å². The minimum Gasteiger partial charge on any atom is -0.480 e. The van der Waals surface area contributed by atoms with Crippen LogP contribution in [-0.4, -0.2) is 31.3 Å². The Morgan fingerprint density at radius 1 is 1.82 bits per heavy atom. The lowest BCUT2D eigenvalue weighted by Gasteiger charge is -2.01. The molecule has 0 fully saturated rings. The molecule has 0 aliphatic carbocycles. The maximum absolute atomic E-state index is 10.3. The molecule has 0 bridgehead atoms. The Kier molecular flexibility index (Phi) is 1.81. The smallest absolute Gasteiger partial charge is 0.328 e. The van der Waals surface area contributed by atoms with Gasteiger partial charge in [-0.15, -0.1) is 5.10 Å². The highest BCUT2D eigenvalue weighted by Gasteiger charge is 2.19. The third-order valence-corrected chi connectivity index (χ3v) is 1.20. The summed E-state index contributed by atoms with van der Waals surface area (Å²) in [6, 6.07) is -1.16. The number of hydrogen-bond donors (Lipinski definition) is 2. The first-order chi connectivity index (χ1) is 5.13. The topological polar surface area (TPSA) is 107 Å². The van der Waals surface area contributed by atoms with E-state index in [0.29, 0.717) is 0 Å². The van der Waals surface area contributed by atoms with Gasteiger partial charge in [0.05, 0.1) is 0 Å². The molecule has 1 aromatic rings. The molecule has 1 unspecified atom stereocenters. The van der Waals surface area contributed by atoms with E-state index in [-0.39, 0.29) is 5.82 Å². The zero-order chi connectivity index (χ0) is 8.43. The van der Waals surface area contributed by atoms with Gasteiger partial charge in [0.15, 0.2) is 11.9 Å². The van der Waals surface area contributed by atoms with Crippen molar-refractivity contribution in [2.24, 2.45) is 12.8 Å². The molecule has 1 aromatic heterocycles. The van der Waals surface area contributed by atoms with Crippen LogP contribution in [-0.2, 0) is 11.8 Å². The SMILES string of the molecule is Cn1nnnc1C(N)C(=O)O. The van der Waals surface area contributed by atoms with Gasteiger partial charge in [0.25, 0.3) is 0 Å². The zero-order valence-corrected chi connectivity index (χ0v) is 5.80. The fourth-order valence-electron chi connectivity index (χ4n) is 0.610. The van der Waals surface area contributed by atoms with E-state index in [2.05, 4.69) is 15.5 Å². The summed E-state index contributed by atoms with van der Waals surface area (Å²) in [5.41, 5.74) is 5.22. The number of aryl methyl sites for hydroxylation is 1. The van der Waals surface area contributed by atoms with Gasteiger partial charge in [0.1, 0.15) is 0 Å². The molecular weight excluding hydrogens is 150 g/mol. The maximum atomic E-state index is 10.3. The van der Waals surface area contributed by atoms with E-state index < -0.39 is 12.0 Å². The summed E-state index contributed by atoms with van der Waals surface area (Å²) in [7, 11) is 1.53. The molecule has 0 spiro atoms. The van der Waals surface area contributed by atoms with Gasteiger partial charge in [-0.1, -0.05) is 0 Å². The minimum absolute atomic E-state index is 0.137. The molecule has 1 heterocycles. The highest BCUT2D eigenvalue weighted by molar-refractivity contribution is 5.73. The molecule has 3 N–H and O–H groups in total. The lowest BCUT2D eigenvalue weighted by atomic mass is 10.3. The Morgan fingerprint density at radius 3 is 2.82 bits per heavy atom. The zero-order valence-electron chi connectivity index (χ0n) is 5.80. The first-order valence-corrected chi connectivity index (χ1v) is 2.83. The van der Waals surface area contributed by atoms with Crippen molar-refractivity contribution in [3.8, 4) is 0 Å². The summed E-state index contributed by atoms with van der Waals surface area (Å²) in [6.45, 7) is 0. The van der Waals surface area contributed by atoms with Gasteiger partial charge in [-0.05, 0) is 10.4 Å². The summed E-state index contributed by atoms with van der Waals surface area (Å²) < 4.78 is 1.22. The Hall–Kier alpha value is -1.50. The number of carbonyl (C=O) groups is 1. The van der Waals surface area contributed by atoms with Crippen molar-refractivity contribution in [1.82, 2.24) is 20.2 Å². The molecule has 11 heavy (non-hydrogen) atoms. The lowest BCUT2D eigenvalue weighted by molar-refractivity contribution is -0.138. The lowest BCUT2D eigenvalue weighted by Crippen LogP contribution is -2.24. The van der Waals surface area contributed by atoms with Crippen LogP contribution < -0.4 is 5.73 Å². The van der Waals surface area contributed by atoms with Crippen LogP contribution >= 0.6 is 0 Å². The van der Waals surface area contributed by atoms with Crippen LogP contribution in [0.1, 0.15) is 11.9 Å². The maximum Gasteiger partial charge on any atom is 0.328 e. The van der Waals surface area contributed by atoms with Gasteiger partial charge in [0.2, 0.25) is 0 Å². The Bertz CT molecular complexity index is 269. The highest BCUT2D eigenvalue weighted by atomic mass is 16.4. The van der Waals surface area contributed by atoms with E-state index >= 15 is 0 Å². The monoisotopic (exact) mass is 157 g/mol. The number of tetrazole rings is 1. The van der Waals surface area contributed by atoms with E-state index in [4.69, 9.17) is 10.8 Å². The summed E-state index contributed by atoms with van der Waals surface area (Å²) >= 11 is 0. The van der Waals surface area contributed by atoms with Crippen LogP contribution in [0, 0.1) is 0 Å². The van der Waals surface area contributed by atoms with Crippen LogP contribution in [0.3, 0.4) is 0 Å². The predicted molar refractivity (Wildman–Crippen MR) is 33.4 cm³/mol. The number of nitrogens with zero attached hydrogens (tertiary/aromatic N) is 4. The summed E-state index contributed by atoms with van der Waals surface area (Å²) in [5, 5.41) is 18.6. The number of hydrogen-bond acceptors (Lipinski definition) is 5. The molecule has 0 saturated heterocycles. The molecule has 0 aromatic carbocycles. The van der Waals surface area contributed by atoms with Gasteiger partial charge >= 0.3 is 5.97 Å². The second-order valence-corrected chi connectivity index (χ2v) is 1.98. The number of carboxylic acid groups (broad SMARTS) is 1. The third-order valence-electron chi connectivity index (χ3n) is 1.20. The van der Waals surface area contributed by atoms with Crippen LogP contribution in [0.4, 0.5) is 0 Å². The molecule has 0 amide bonds. The first-order valence-electron chi connectivity index (χ1n) is 2.83.